The fraction of sp³-hybridized carbons (Fsp3) is 0.375. The molecule has 0 bridgehead atoms. The Labute approximate surface area is 133 Å². The maximum absolute atomic E-state index is 5.68. The van der Waals surface area contributed by atoms with Crippen LogP contribution in [-0.4, -0.2) is 9.97 Å². The summed E-state index contributed by atoms with van der Waals surface area (Å²) in [6, 6.07) is 6.21. The van der Waals surface area contributed by atoms with Crippen molar-refractivity contribution >= 4 is 21.7 Å². The Morgan fingerprint density at radius 2 is 1.95 bits per heavy atom. The molecule has 3 rings (SSSR count). The van der Waals surface area contributed by atoms with Crippen LogP contribution < -0.4 is 11.3 Å². The Morgan fingerprint density at radius 3 is 2.71 bits per heavy atom. The van der Waals surface area contributed by atoms with Gasteiger partial charge in [0.05, 0.1) is 0 Å². The van der Waals surface area contributed by atoms with Crippen molar-refractivity contribution in [2.45, 2.75) is 39.0 Å². The van der Waals surface area contributed by atoms with E-state index in [0.717, 1.165) is 40.2 Å². The topological polar surface area (TPSA) is 63.8 Å². The summed E-state index contributed by atoms with van der Waals surface area (Å²) in [5, 5.41) is 0. The van der Waals surface area contributed by atoms with E-state index < -0.39 is 0 Å². The summed E-state index contributed by atoms with van der Waals surface area (Å²) in [4.78, 5) is 9.44. The average Bonchev–Trinajstić information content (AvgIpc) is 2.71. The van der Waals surface area contributed by atoms with Crippen LogP contribution in [0, 0.1) is 6.92 Å². The van der Waals surface area contributed by atoms with Gasteiger partial charge >= 0.3 is 0 Å². The molecule has 0 spiro atoms. The maximum Gasteiger partial charge on any atom is 0.162 e. The van der Waals surface area contributed by atoms with Crippen molar-refractivity contribution in [2.75, 3.05) is 5.43 Å². The first kappa shape index (κ1) is 14.5. The standard InChI is InChI=1S/C16H19BrN4/c1-10-7-8-11(13(17)9-10)15-19-14-6-4-2-3-5-12(14)16(20-15)21-18/h7-9H,2-6,18H2,1H3,(H,19,20,21). The van der Waals surface area contributed by atoms with Crippen LogP contribution in [0.2, 0.25) is 0 Å². The number of nitrogens with one attached hydrogen (secondary N) is 1. The molecule has 110 valence electrons. The summed E-state index contributed by atoms with van der Waals surface area (Å²) in [6.07, 6.45) is 5.61. The fourth-order valence-electron chi connectivity index (χ4n) is 2.81. The first-order chi connectivity index (χ1) is 10.2. The summed E-state index contributed by atoms with van der Waals surface area (Å²) in [7, 11) is 0. The van der Waals surface area contributed by atoms with Crippen molar-refractivity contribution in [3.8, 4) is 11.4 Å². The van der Waals surface area contributed by atoms with Gasteiger partial charge in [0.15, 0.2) is 5.82 Å². The van der Waals surface area contributed by atoms with Gasteiger partial charge in [0, 0.05) is 21.3 Å². The molecule has 1 aromatic heterocycles. The number of benzene rings is 1. The number of hydrogen-bond acceptors (Lipinski definition) is 4. The van der Waals surface area contributed by atoms with Gasteiger partial charge in [0.2, 0.25) is 0 Å². The molecule has 21 heavy (non-hydrogen) atoms. The predicted molar refractivity (Wildman–Crippen MR) is 89.0 cm³/mol. The number of hydrazine groups is 1. The largest absolute Gasteiger partial charge is 0.308 e. The normalized spacial score (nSPS) is 14.4. The zero-order valence-corrected chi connectivity index (χ0v) is 13.7. The van der Waals surface area contributed by atoms with Gasteiger partial charge in [0.1, 0.15) is 5.82 Å². The lowest BCUT2D eigenvalue weighted by atomic mass is 10.1. The van der Waals surface area contributed by atoms with Gasteiger partial charge in [-0.05, 0) is 50.3 Å². The number of nitrogens with zero attached hydrogens (tertiary/aromatic N) is 2. The van der Waals surface area contributed by atoms with Gasteiger partial charge in [-0.25, -0.2) is 15.8 Å². The third-order valence-corrected chi connectivity index (χ3v) is 4.59. The molecule has 1 aliphatic rings. The Hall–Kier alpha value is -1.46. The van der Waals surface area contributed by atoms with Crippen molar-refractivity contribution in [2.24, 2.45) is 5.84 Å². The highest BCUT2D eigenvalue weighted by Gasteiger charge is 2.18. The molecule has 3 N–H and O–H groups in total. The molecule has 0 saturated carbocycles. The number of halogens is 1. The van der Waals surface area contributed by atoms with Crippen LogP contribution in [0.5, 0.6) is 0 Å². The molecule has 0 radical (unpaired) electrons. The smallest absolute Gasteiger partial charge is 0.162 e. The Kier molecular flexibility index (Phi) is 4.22. The Bertz CT molecular complexity index is 670. The third kappa shape index (κ3) is 2.94. The minimum atomic E-state index is 0.732. The highest BCUT2D eigenvalue weighted by Crippen LogP contribution is 2.31. The SMILES string of the molecule is Cc1ccc(-c2nc3c(c(NN)n2)CCCCC3)c(Br)c1. The lowest BCUT2D eigenvalue weighted by Crippen LogP contribution is -2.14. The second-order valence-electron chi connectivity index (χ2n) is 5.51. The molecule has 0 unspecified atom stereocenters. The number of fused-ring (bicyclic) bond motifs is 1. The van der Waals surface area contributed by atoms with Crippen LogP contribution in [0.15, 0.2) is 22.7 Å². The van der Waals surface area contributed by atoms with E-state index in [9.17, 15) is 0 Å². The van der Waals surface area contributed by atoms with E-state index in [2.05, 4.69) is 51.5 Å². The van der Waals surface area contributed by atoms with E-state index in [4.69, 9.17) is 10.8 Å². The number of anilines is 1. The summed E-state index contributed by atoms with van der Waals surface area (Å²) >= 11 is 3.61. The van der Waals surface area contributed by atoms with E-state index in [-0.39, 0.29) is 0 Å². The zero-order chi connectivity index (χ0) is 14.8. The molecule has 1 aromatic carbocycles. The van der Waals surface area contributed by atoms with Crippen molar-refractivity contribution in [3.05, 3.63) is 39.5 Å². The number of aryl methyl sites for hydroxylation is 2. The van der Waals surface area contributed by atoms with Crippen LogP contribution in [0.25, 0.3) is 11.4 Å². The van der Waals surface area contributed by atoms with Crippen LogP contribution >= 0.6 is 15.9 Å². The summed E-state index contributed by atoms with van der Waals surface area (Å²) in [5.41, 5.74) is 7.29. The highest BCUT2D eigenvalue weighted by molar-refractivity contribution is 9.10. The molecular weight excluding hydrogens is 328 g/mol. The average molecular weight is 347 g/mol. The monoisotopic (exact) mass is 346 g/mol. The fourth-order valence-corrected chi connectivity index (χ4v) is 3.48. The number of aromatic nitrogens is 2. The van der Waals surface area contributed by atoms with Gasteiger partial charge < -0.3 is 5.43 Å². The third-order valence-electron chi connectivity index (χ3n) is 3.94. The second kappa shape index (κ2) is 6.12. The number of hydrogen-bond donors (Lipinski definition) is 2. The Morgan fingerprint density at radius 1 is 1.14 bits per heavy atom. The van der Waals surface area contributed by atoms with E-state index in [0.29, 0.717) is 0 Å². The summed E-state index contributed by atoms with van der Waals surface area (Å²) in [5.74, 6) is 7.18. The van der Waals surface area contributed by atoms with Crippen LogP contribution in [0.4, 0.5) is 5.82 Å². The van der Waals surface area contributed by atoms with Crippen molar-refractivity contribution in [1.29, 1.82) is 0 Å². The number of nitrogens with two attached hydrogens (primary N) is 1. The van der Waals surface area contributed by atoms with Crippen molar-refractivity contribution in [1.82, 2.24) is 9.97 Å². The first-order valence-corrected chi connectivity index (χ1v) is 8.11. The molecule has 0 atom stereocenters. The van der Waals surface area contributed by atoms with Crippen LogP contribution in [0.1, 0.15) is 36.1 Å². The molecule has 0 aliphatic heterocycles. The molecule has 2 aromatic rings. The first-order valence-electron chi connectivity index (χ1n) is 7.32. The number of rotatable bonds is 2. The van der Waals surface area contributed by atoms with Gasteiger partial charge in [-0.1, -0.05) is 28.4 Å². The second-order valence-corrected chi connectivity index (χ2v) is 6.36. The Balaban J connectivity index is 2.13. The quantitative estimate of drug-likeness (QED) is 0.493. The van der Waals surface area contributed by atoms with Crippen LogP contribution in [0.3, 0.4) is 0 Å². The van der Waals surface area contributed by atoms with E-state index in [1.165, 1.54) is 30.4 Å². The summed E-state index contributed by atoms with van der Waals surface area (Å²) in [6.45, 7) is 2.07. The summed E-state index contributed by atoms with van der Waals surface area (Å²) < 4.78 is 1.01. The molecule has 1 aliphatic carbocycles. The minimum absolute atomic E-state index is 0.732. The van der Waals surface area contributed by atoms with Gasteiger partial charge in [0.25, 0.3) is 0 Å². The van der Waals surface area contributed by atoms with Crippen molar-refractivity contribution < 1.29 is 0 Å². The minimum Gasteiger partial charge on any atom is -0.308 e. The lowest BCUT2D eigenvalue weighted by molar-refractivity contribution is 0.709. The molecule has 0 fully saturated rings. The molecular formula is C16H19BrN4. The van der Waals surface area contributed by atoms with Gasteiger partial charge in [-0.2, -0.15) is 0 Å². The predicted octanol–water partition coefficient (Wildman–Crippen LogP) is 3.77. The maximum atomic E-state index is 5.68. The molecule has 4 nitrogen and oxygen atoms in total. The van der Waals surface area contributed by atoms with E-state index >= 15 is 0 Å². The lowest BCUT2D eigenvalue weighted by Gasteiger charge is -2.13. The van der Waals surface area contributed by atoms with E-state index in [1.807, 2.05) is 0 Å². The van der Waals surface area contributed by atoms with Gasteiger partial charge in [-0.15, -0.1) is 0 Å². The molecule has 0 saturated heterocycles. The van der Waals surface area contributed by atoms with E-state index in [1.54, 1.807) is 0 Å². The zero-order valence-electron chi connectivity index (χ0n) is 12.1. The molecule has 5 heteroatoms. The van der Waals surface area contributed by atoms with Crippen molar-refractivity contribution in [3.63, 3.8) is 0 Å². The number of nitrogen functional groups attached to an aromatic ring is 1. The highest BCUT2D eigenvalue weighted by atomic mass is 79.9. The van der Waals surface area contributed by atoms with Gasteiger partial charge in [-0.3, -0.25) is 0 Å². The molecule has 0 amide bonds. The van der Waals surface area contributed by atoms with Crippen LogP contribution in [-0.2, 0) is 12.8 Å². The molecule has 1 heterocycles.